The quantitative estimate of drug-likeness (QED) is 0.727. The summed E-state index contributed by atoms with van der Waals surface area (Å²) >= 11 is 1.52. The number of carbonyl (C=O) groups excluding carboxylic acids is 2. The Morgan fingerprint density at radius 1 is 1.27 bits per heavy atom. The number of hydrazine groups is 1. The van der Waals surface area contributed by atoms with Crippen molar-refractivity contribution >= 4 is 23.2 Å². The van der Waals surface area contributed by atoms with Crippen molar-refractivity contribution in [1.82, 2.24) is 10.9 Å². The number of fused-ring (bicyclic) bond motifs is 1. The van der Waals surface area contributed by atoms with Crippen molar-refractivity contribution in [3.05, 3.63) is 21.4 Å². The Kier molecular flexibility index (Phi) is 4.49. The first kappa shape index (κ1) is 15.5. The van der Waals surface area contributed by atoms with Crippen molar-refractivity contribution in [2.75, 3.05) is 0 Å². The summed E-state index contributed by atoms with van der Waals surface area (Å²) in [7, 11) is 0. The van der Waals surface area contributed by atoms with Crippen LogP contribution in [-0.2, 0) is 17.6 Å². The molecule has 1 saturated carbocycles. The Bertz CT molecular complexity index is 584. The van der Waals surface area contributed by atoms with Crippen LogP contribution in [0.25, 0.3) is 0 Å². The monoisotopic (exact) mass is 322 g/mol. The molecule has 3 rings (SSSR count). The van der Waals surface area contributed by atoms with Gasteiger partial charge in [-0.15, -0.1) is 11.3 Å². The van der Waals surface area contributed by atoms with E-state index in [0.29, 0.717) is 23.6 Å². The zero-order chi connectivity index (χ0) is 15.7. The number of aliphatic hydroxyl groups is 1. The predicted octanol–water partition coefficient (Wildman–Crippen LogP) is 1.79. The molecular formula is C16H22N2O3S. The van der Waals surface area contributed by atoms with Gasteiger partial charge in [0.15, 0.2) is 0 Å². The molecule has 2 amide bonds. The fourth-order valence-corrected chi connectivity index (χ4v) is 4.44. The maximum Gasteiger partial charge on any atom is 0.279 e. The Hall–Kier alpha value is -1.40. The van der Waals surface area contributed by atoms with Crippen molar-refractivity contribution in [2.45, 2.75) is 51.6 Å². The van der Waals surface area contributed by atoms with Gasteiger partial charge in [0.1, 0.15) is 0 Å². The van der Waals surface area contributed by atoms with Crippen LogP contribution in [0.1, 0.15) is 52.7 Å². The second kappa shape index (κ2) is 6.38. The van der Waals surface area contributed by atoms with E-state index < -0.39 is 12.0 Å². The Morgan fingerprint density at radius 2 is 2.09 bits per heavy atom. The lowest BCUT2D eigenvalue weighted by atomic mass is 9.90. The van der Waals surface area contributed by atoms with Crippen molar-refractivity contribution in [3.8, 4) is 0 Å². The third-order valence-corrected chi connectivity index (χ3v) is 5.90. The molecule has 0 saturated heterocycles. The van der Waals surface area contributed by atoms with E-state index in [-0.39, 0.29) is 11.8 Å². The van der Waals surface area contributed by atoms with Crippen molar-refractivity contribution < 1.29 is 14.7 Å². The van der Waals surface area contributed by atoms with Gasteiger partial charge in [0.25, 0.3) is 5.91 Å². The smallest absolute Gasteiger partial charge is 0.279 e. The number of rotatable bonds is 2. The zero-order valence-corrected chi connectivity index (χ0v) is 13.5. The van der Waals surface area contributed by atoms with Gasteiger partial charge < -0.3 is 5.11 Å². The van der Waals surface area contributed by atoms with Gasteiger partial charge in [0, 0.05) is 4.88 Å². The van der Waals surface area contributed by atoms with E-state index in [1.807, 2.05) is 6.07 Å². The fourth-order valence-electron chi connectivity index (χ4n) is 3.34. The molecule has 1 aromatic rings. The van der Waals surface area contributed by atoms with Crippen LogP contribution in [0.4, 0.5) is 0 Å². The Morgan fingerprint density at radius 3 is 2.82 bits per heavy atom. The highest BCUT2D eigenvalue weighted by atomic mass is 32.1. The van der Waals surface area contributed by atoms with Crippen LogP contribution in [-0.4, -0.2) is 23.0 Å². The average Bonchev–Trinajstić information content (AvgIpc) is 3.09. The van der Waals surface area contributed by atoms with E-state index in [2.05, 4.69) is 17.8 Å². The molecule has 1 fully saturated rings. The number of thiophene rings is 1. The first-order valence-corrected chi connectivity index (χ1v) is 8.76. The maximum atomic E-state index is 12.2. The van der Waals surface area contributed by atoms with E-state index in [4.69, 9.17) is 0 Å². The first-order chi connectivity index (χ1) is 10.5. The number of nitrogens with one attached hydrogen (secondary N) is 2. The second-order valence-corrected chi connectivity index (χ2v) is 7.59. The SMILES string of the molecule is CC1CCc2sc(C(=O)NNC(=O)C3CCCC3O)cc2C1. The number of aliphatic hydroxyl groups excluding tert-OH is 1. The minimum absolute atomic E-state index is 0.270. The van der Waals surface area contributed by atoms with Crippen molar-refractivity contribution in [1.29, 1.82) is 0 Å². The highest BCUT2D eigenvalue weighted by Crippen LogP contribution is 2.32. The molecule has 0 bridgehead atoms. The van der Waals surface area contributed by atoms with Gasteiger partial charge in [0.2, 0.25) is 5.91 Å². The fraction of sp³-hybridized carbons (Fsp3) is 0.625. The molecule has 3 N–H and O–H groups in total. The van der Waals surface area contributed by atoms with Crippen LogP contribution in [0, 0.1) is 11.8 Å². The normalized spacial score (nSPS) is 27.3. The minimum atomic E-state index is -0.590. The standard InChI is InChI=1S/C16H22N2O3S/c1-9-5-6-13-10(7-9)8-14(22-13)16(21)18-17-15(20)11-3-2-4-12(11)19/h8-9,11-12,19H,2-7H2,1H3,(H,17,20)(H,18,21). The summed E-state index contributed by atoms with van der Waals surface area (Å²) in [5, 5.41) is 9.71. The molecule has 0 radical (unpaired) electrons. The van der Waals surface area contributed by atoms with Gasteiger partial charge in [0.05, 0.1) is 16.9 Å². The van der Waals surface area contributed by atoms with Crippen LogP contribution in [0.15, 0.2) is 6.07 Å². The lowest BCUT2D eigenvalue weighted by Gasteiger charge is -2.16. The number of aryl methyl sites for hydroxylation is 1. The van der Waals surface area contributed by atoms with E-state index in [1.165, 1.54) is 28.2 Å². The summed E-state index contributed by atoms with van der Waals surface area (Å²) in [6, 6.07) is 1.95. The molecule has 0 spiro atoms. The van der Waals surface area contributed by atoms with Crippen LogP contribution >= 0.6 is 11.3 Å². The van der Waals surface area contributed by atoms with E-state index in [1.54, 1.807) is 0 Å². The highest BCUT2D eigenvalue weighted by Gasteiger charge is 2.31. The molecule has 5 nitrogen and oxygen atoms in total. The summed E-state index contributed by atoms with van der Waals surface area (Å²) in [5.74, 6) is -0.305. The molecule has 3 atom stereocenters. The highest BCUT2D eigenvalue weighted by molar-refractivity contribution is 7.14. The molecule has 2 aliphatic carbocycles. The zero-order valence-electron chi connectivity index (χ0n) is 12.7. The van der Waals surface area contributed by atoms with Crippen molar-refractivity contribution in [2.24, 2.45) is 11.8 Å². The molecular weight excluding hydrogens is 300 g/mol. The van der Waals surface area contributed by atoms with E-state index in [9.17, 15) is 14.7 Å². The molecule has 1 aromatic heterocycles. The molecule has 120 valence electrons. The Balaban J connectivity index is 1.57. The number of amides is 2. The number of hydrogen-bond acceptors (Lipinski definition) is 4. The molecule has 6 heteroatoms. The Labute approximate surface area is 134 Å². The van der Waals surface area contributed by atoms with Crippen LogP contribution in [0.2, 0.25) is 0 Å². The molecule has 22 heavy (non-hydrogen) atoms. The summed E-state index contributed by atoms with van der Waals surface area (Å²) < 4.78 is 0. The van der Waals surface area contributed by atoms with E-state index >= 15 is 0 Å². The van der Waals surface area contributed by atoms with Gasteiger partial charge in [-0.25, -0.2) is 0 Å². The third kappa shape index (κ3) is 3.17. The number of carbonyl (C=O) groups is 2. The van der Waals surface area contributed by atoms with Gasteiger partial charge in [-0.2, -0.15) is 0 Å². The van der Waals surface area contributed by atoms with Gasteiger partial charge >= 0.3 is 0 Å². The van der Waals surface area contributed by atoms with Gasteiger partial charge in [-0.1, -0.05) is 6.92 Å². The summed E-state index contributed by atoms with van der Waals surface area (Å²) in [6.07, 6.45) is 4.82. The van der Waals surface area contributed by atoms with Gasteiger partial charge in [-0.3, -0.25) is 20.4 Å². The van der Waals surface area contributed by atoms with Crippen LogP contribution in [0.3, 0.4) is 0 Å². The molecule has 0 aromatic carbocycles. The second-order valence-electron chi connectivity index (χ2n) is 6.46. The first-order valence-electron chi connectivity index (χ1n) is 7.94. The lowest BCUT2D eigenvalue weighted by Crippen LogP contribution is -2.45. The summed E-state index contributed by atoms with van der Waals surface area (Å²) in [5.41, 5.74) is 6.20. The number of hydrogen-bond donors (Lipinski definition) is 3. The van der Waals surface area contributed by atoms with Crippen molar-refractivity contribution in [3.63, 3.8) is 0 Å². The predicted molar refractivity (Wildman–Crippen MR) is 84.5 cm³/mol. The van der Waals surface area contributed by atoms with Crippen LogP contribution in [0.5, 0.6) is 0 Å². The van der Waals surface area contributed by atoms with Crippen LogP contribution < -0.4 is 10.9 Å². The summed E-state index contributed by atoms with van der Waals surface area (Å²) in [6.45, 7) is 2.23. The average molecular weight is 322 g/mol. The molecule has 2 aliphatic rings. The molecule has 0 aliphatic heterocycles. The largest absolute Gasteiger partial charge is 0.392 e. The maximum absolute atomic E-state index is 12.2. The summed E-state index contributed by atoms with van der Waals surface area (Å²) in [4.78, 5) is 26.1. The lowest BCUT2D eigenvalue weighted by molar-refractivity contribution is -0.128. The van der Waals surface area contributed by atoms with Gasteiger partial charge in [-0.05, 0) is 56.1 Å². The topological polar surface area (TPSA) is 78.4 Å². The molecule has 3 unspecified atom stereocenters. The minimum Gasteiger partial charge on any atom is -0.392 e. The molecule has 1 heterocycles. The van der Waals surface area contributed by atoms with E-state index in [0.717, 1.165) is 19.3 Å². The third-order valence-electron chi connectivity index (χ3n) is 4.67.